The summed E-state index contributed by atoms with van der Waals surface area (Å²) in [4.78, 5) is 15.3. The average molecular weight is 211 g/mol. The Morgan fingerprint density at radius 2 is 2.43 bits per heavy atom. The third-order valence-electron chi connectivity index (χ3n) is 2.20. The van der Waals surface area contributed by atoms with Crippen molar-refractivity contribution in [3.63, 3.8) is 0 Å². The first-order chi connectivity index (χ1) is 6.75. The van der Waals surface area contributed by atoms with Crippen LogP contribution in [-0.4, -0.2) is 10.9 Å². The third kappa shape index (κ3) is 2.45. The highest BCUT2D eigenvalue weighted by Gasteiger charge is 2.24. The number of anilines is 1. The highest BCUT2D eigenvalue weighted by atomic mass is 35.5. The second-order valence-corrected chi connectivity index (χ2v) is 3.90. The number of carbonyl (C=O) groups is 1. The zero-order valence-corrected chi connectivity index (χ0v) is 8.42. The van der Waals surface area contributed by atoms with Gasteiger partial charge in [-0.3, -0.25) is 4.79 Å². The fourth-order valence-electron chi connectivity index (χ4n) is 1.26. The predicted octanol–water partition coefficient (Wildman–Crippen LogP) is 2.47. The molecule has 1 saturated carbocycles. The van der Waals surface area contributed by atoms with Crippen LogP contribution in [0.3, 0.4) is 0 Å². The van der Waals surface area contributed by atoms with Crippen molar-refractivity contribution in [2.75, 3.05) is 5.32 Å². The summed E-state index contributed by atoms with van der Waals surface area (Å²) >= 11 is 5.79. The molecular formula is C10H11ClN2O. The molecule has 1 aromatic rings. The van der Waals surface area contributed by atoms with Gasteiger partial charge < -0.3 is 5.32 Å². The van der Waals surface area contributed by atoms with Gasteiger partial charge in [0.15, 0.2) is 5.15 Å². The first-order valence-corrected chi connectivity index (χ1v) is 5.04. The van der Waals surface area contributed by atoms with Gasteiger partial charge in [-0.1, -0.05) is 11.6 Å². The van der Waals surface area contributed by atoms with E-state index in [4.69, 9.17) is 11.6 Å². The minimum Gasteiger partial charge on any atom is -0.323 e. The molecule has 74 valence electrons. The second kappa shape index (κ2) is 3.96. The molecule has 0 aliphatic heterocycles. The smallest absolute Gasteiger partial charge is 0.224 e. The van der Waals surface area contributed by atoms with Crippen LogP contribution in [0, 0.1) is 5.92 Å². The van der Waals surface area contributed by atoms with Crippen LogP contribution in [0.5, 0.6) is 0 Å². The number of halogens is 1. The van der Waals surface area contributed by atoms with Gasteiger partial charge in [-0.15, -0.1) is 0 Å². The third-order valence-corrected chi connectivity index (χ3v) is 2.51. The molecule has 1 aromatic heterocycles. The Morgan fingerprint density at radius 3 is 3.07 bits per heavy atom. The Morgan fingerprint density at radius 1 is 1.64 bits per heavy atom. The molecule has 3 nitrogen and oxygen atoms in total. The van der Waals surface area contributed by atoms with E-state index >= 15 is 0 Å². The normalized spacial score (nSPS) is 15.2. The zero-order valence-electron chi connectivity index (χ0n) is 7.66. The van der Waals surface area contributed by atoms with E-state index in [0.717, 1.165) is 0 Å². The van der Waals surface area contributed by atoms with Gasteiger partial charge in [0.1, 0.15) is 0 Å². The lowest BCUT2D eigenvalue weighted by atomic mass is 10.3. The van der Waals surface area contributed by atoms with E-state index < -0.39 is 0 Å². The molecule has 0 spiro atoms. The van der Waals surface area contributed by atoms with Gasteiger partial charge in [0.25, 0.3) is 0 Å². The lowest BCUT2D eigenvalue weighted by Crippen LogP contribution is -2.12. The first-order valence-electron chi connectivity index (χ1n) is 4.66. The molecule has 4 heteroatoms. The van der Waals surface area contributed by atoms with E-state index in [9.17, 15) is 4.79 Å². The van der Waals surface area contributed by atoms with Crippen molar-refractivity contribution in [3.05, 3.63) is 23.5 Å². The number of pyridine rings is 1. The van der Waals surface area contributed by atoms with Crippen LogP contribution in [0.1, 0.15) is 19.3 Å². The Bertz CT molecular complexity index is 350. The number of hydrogen-bond donors (Lipinski definition) is 1. The summed E-state index contributed by atoms with van der Waals surface area (Å²) in [6.45, 7) is 0. The standard InChI is InChI=1S/C10H11ClN2O/c11-10-8(2-1-5-12-10)13-9(14)6-7-3-4-7/h1-2,5,7H,3-4,6H2,(H,13,14). The molecule has 1 amide bonds. The molecule has 14 heavy (non-hydrogen) atoms. The van der Waals surface area contributed by atoms with Crippen molar-refractivity contribution in [2.45, 2.75) is 19.3 Å². The zero-order chi connectivity index (χ0) is 9.97. The van der Waals surface area contributed by atoms with Crippen LogP contribution in [0.4, 0.5) is 5.69 Å². The molecule has 1 heterocycles. The van der Waals surface area contributed by atoms with E-state index in [-0.39, 0.29) is 5.91 Å². The van der Waals surface area contributed by atoms with Crippen molar-refractivity contribution in [3.8, 4) is 0 Å². The number of aromatic nitrogens is 1. The molecule has 0 bridgehead atoms. The quantitative estimate of drug-likeness (QED) is 0.779. The lowest BCUT2D eigenvalue weighted by molar-refractivity contribution is -0.116. The maximum Gasteiger partial charge on any atom is 0.224 e. The maximum atomic E-state index is 11.4. The maximum absolute atomic E-state index is 11.4. The fraction of sp³-hybridized carbons (Fsp3) is 0.400. The van der Waals surface area contributed by atoms with Crippen molar-refractivity contribution in [1.29, 1.82) is 0 Å². The molecule has 0 radical (unpaired) electrons. The first kappa shape index (κ1) is 9.46. The number of rotatable bonds is 3. The number of nitrogens with one attached hydrogen (secondary N) is 1. The molecule has 0 saturated heterocycles. The minimum atomic E-state index is 0.0300. The van der Waals surface area contributed by atoms with Crippen LogP contribution in [0.2, 0.25) is 5.15 Å². The summed E-state index contributed by atoms with van der Waals surface area (Å²) in [6, 6.07) is 3.50. The summed E-state index contributed by atoms with van der Waals surface area (Å²) in [5, 5.41) is 3.09. The Balaban J connectivity index is 1.95. The summed E-state index contributed by atoms with van der Waals surface area (Å²) < 4.78 is 0. The molecule has 1 fully saturated rings. The monoisotopic (exact) mass is 210 g/mol. The highest BCUT2D eigenvalue weighted by molar-refractivity contribution is 6.32. The van der Waals surface area contributed by atoms with E-state index in [1.54, 1.807) is 18.3 Å². The van der Waals surface area contributed by atoms with Crippen molar-refractivity contribution in [1.82, 2.24) is 4.98 Å². The predicted molar refractivity (Wildman–Crippen MR) is 55.2 cm³/mol. The van der Waals surface area contributed by atoms with Gasteiger partial charge in [-0.25, -0.2) is 4.98 Å². The molecule has 0 atom stereocenters. The molecule has 1 aliphatic carbocycles. The van der Waals surface area contributed by atoms with Gasteiger partial charge in [-0.2, -0.15) is 0 Å². The van der Waals surface area contributed by atoms with Gasteiger partial charge in [0.05, 0.1) is 5.69 Å². The van der Waals surface area contributed by atoms with Crippen LogP contribution < -0.4 is 5.32 Å². The van der Waals surface area contributed by atoms with Crippen molar-refractivity contribution < 1.29 is 4.79 Å². The number of nitrogens with zero attached hydrogens (tertiary/aromatic N) is 1. The van der Waals surface area contributed by atoms with E-state index in [0.29, 0.717) is 23.2 Å². The van der Waals surface area contributed by atoms with Crippen LogP contribution in [-0.2, 0) is 4.79 Å². The van der Waals surface area contributed by atoms with E-state index in [1.807, 2.05) is 0 Å². The SMILES string of the molecule is O=C(CC1CC1)Nc1cccnc1Cl. The number of amides is 1. The topological polar surface area (TPSA) is 42.0 Å². The molecule has 1 aliphatic rings. The summed E-state index contributed by atoms with van der Waals surface area (Å²) in [7, 11) is 0. The van der Waals surface area contributed by atoms with Crippen molar-refractivity contribution >= 4 is 23.2 Å². The van der Waals surface area contributed by atoms with Crippen molar-refractivity contribution in [2.24, 2.45) is 5.92 Å². The van der Waals surface area contributed by atoms with Crippen LogP contribution in [0.25, 0.3) is 0 Å². The largest absolute Gasteiger partial charge is 0.323 e. The number of carbonyl (C=O) groups excluding carboxylic acids is 1. The van der Waals surface area contributed by atoms with Crippen LogP contribution >= 0.6 is 11.6 Å². The van der Waals surface area contributed by atoms with Gasteiger partial charge in [0.2, 0.25) is 5.91 Å². The number of hydrogen-bond acceptors (Lipinski definition) is 2. The van der Waals surface area contributed by atoms with Gasteiger partial charge in [-0.05, 0) is 30.9 Å². The van der Waals surface area contributed by atoms with Gasteiger partial charge in [0, 0.05) is 12.6 Å². The molecule has 0 aromatic carbocycles. The fourth-order valence-corrected chi connectivity index (χ4v) is 1.43. The average Bonchev–Trinajstić information content (AvgIpc) is 2.93. The van der Waals surface area contributed by atoms with Gasteiger partial charge >= 0.3 is 0 Å². The second-order valence-electron chi connectivity index (χ2n) is 3.54. The summed E-state index contributed by atoms with van der Waals surface area (Å²) in [5.74, 6) is 0.618. The minimum absolute atomic E-state index is 0.0300. The summed E-state index contributed by atoms with van der Waals surface area (Å²) in [5.41, 5.74) is 0.597. The Kier molecular flexibility index (Phi) is 2.68. The summed E-state index contributed by atoms with van der Waals surface area (Å²) in [6.07, 6.45) is 4.55. The molecular weight excluding hydrogens is 200 g/mol. The highest BCUT2D eigenvalue weighted by Crippen LogP contribution is 2.32. The Labute approximate surface area is 87.5 Å². The lowest BCUT2D eigenvalue weighted by Gasteiger charge is -2.04. The van der Waals surface area contributed by atoms with Crippen LogP contribution in [0.15, 0.2) is 18.3 Å². The molecule has 2 rings (SSSR count). The van der Waals surface area contributed by atoms with E-state index in [2.05, 4.69) is 10.3 Å². The van der Waals surface area contributed by atoms with E-state index in [1.165, 1.54) is 12.8 Å². The molecule has 1 N–H and O–H groups in total. The Hall–Kier alpha value is -1.09. The molecule has 0 unspecified atom stereocenters.